The van der Waals surface area contributed by atoms with Gasteiger partial charge in [-0.1, -0.05) is 0 Å². The second kappa shape index (κ2) is 6.32. The van der Waals surface area contributed by atoms with Gasteiger partial charge in [-0.2, -0.15) is 0 Å². The number of rotatable bonds is 5. The van der Waals surface area contributed by atoms with E-state index in [1.54, 1.807) is 13.2 Å². The highest BCUT2D eigenvalue weighted by Gasteiger charge is 2.14. The third kappa shape index (κ3) is 3.80. The second-order valence-corrected chi connectivity index (χ2v) is 3.95. The van der Waals surface area contributed by atoms with Crippen LogP contribution in [0.3, 0.4) is 0 Å². The molecule has 0 radical (unpaired) electrons. The maximum Gasteiger partial charge on any atom is 0.253 e. The van der Waals surface area contributed by atoms with E-state index in [1.807, 2.05) is 19.9 Å². The minimum Gasteiger partial charge on any atom is -0.383 e. The molecule has 0 aliphatic heterocycles. The van der Waals surface area contributed by atoms with Crippen LogP contribution in [0.4, 0.5) is 0 Å². The Morgan fingerprint density at radius 2 is 2.24 bits per heavy atom. The van der Waals surface area contributed by atoms with Gasteiger partial charge in [0.05, 0.1) is 23.9 Å². The van der Waals surface area contributed by atoms with Gasteiger partial charge in [-0.05, 0) is 26.0 Å². The predicted octanol–water partition coefficient (Wildman–Crippen LogP) is 0.402. The molecule has 0 fully saturated rings. The zero-order valence-electron chi connectivity index (χ0n) is 10.5. The highest BCUT2D eigenvalue weighted by Crippen LogP contribution is 2.06. The molecule has 1 aromatic rings. The zero-order chi connectivity index (χ0) is 12.8. The fraction of sp³-hybridized carbons (Fsp3) is 0.500. The van der Waals surface area contributed by atoms with E-state index in [1.165, 1.54) is 0 Å². The molecule has 1 atom stereocenters. The molecule has 1 rings (SSSR count). The lowest BCUT2D eigenvalue weighted by atomic mass is 10.1. The molecule has 0 saturated heterocycles. The Bertz CT molecular complexity index is 393. The number of nitrogens with zero attached hydrogens (tertiary/aromatic N) is 1. The SMILES string of the molecule is COCC(CN)NC(=O)c1ccc(C)nc1C. The molecule has 1 amide bonds. The molecule has 1 unspecified atom stereocenters. The number of aryl methyl sites for hydroxylation is 2. The normalized spacial score (nSPS) is 12.2. The van der Waals surface area contributed by atoms with E-state index in [-0.39, 0.29) is 11.9 Å². The molecule has 5 heteroatoms. The summed E-state index contributed by atoms with van der Waals surface area (Å²) in [5.41, 5.74) is 7.72. The van der Waals surface area contributed by atoms with Crippen LogP contribution in [-0.2, 0) is 4.74 Å². The van der Waals surface area contributed by atoms with Crippen molar-refractivity contribution in [2.24, 2.45) is 5.73 Å². The third-order valence-corrected chi connectivity index (χ3v) is 2.46. The number of hydrogen-bond acceptors (Lipinski definition) is 4. The van der Waals surface area contributed by atoms with E-state index in [9.17, 15) is 4.79 Å². The molecule has 0 aliphatic carbocycles. The Kier molecular flexibility index (Phi) is 5.06. The number of aromatic nitrogens is 1. The fourth-order valence-electron chi connectivity index (χ4n) is 1.56. The number of methoxy groups -OCH3 is 1. The standard InChI is InChI=1S/C12H19N3O2/c1-8-4-5-11(9(2)14-8)12(16)15-10(6-13)7-17-3/h4-5,10H,6-7,13H2,1-3H3,(H,15,16). The van der Waals surface area contributed by atoms with Crippen LogP contribution in [0.2, 0.25) is 0 Å². The van der Waals surface area contributed by atoms with E-state index < -0.39 is 0 Å². The minimum atomic E-state index is -0.173. The summed E-state index contributed by atoms with van der Waals surface area (Å²) < 4.78 is 4.97. The first kappa shape index (κ1) is 13.6. The average Bonchev–Trinajstić information content (AvgIpc) is 2.28. The van der Waals surface area contributed by atoms with E-state index >= 15 is 0 Å². The summed E-state index contributed by atoms with van der Waals surface area (Å²) in [6, 6.07) is 3.41. The predicted molar refractivity (Wildman–Crippen MR) is 65.9 cm³/mol. The maximum atomic E-state index is 12.0. The molecular formula is C12H19N3O2. The molecule has 5 nitrogen and oxygen atoms in total. The van der Waals surface area contributed by atoms with Crippen molar-refractivity contribution < 1.29 is 9.53 Å². The first-order valence-electron chi connectivity index (χ1n) is 5.52. The van der Waals surface area contributed by atoms with Crippen LogP contribution in [-0.4, -0.2) is 37.2 Å². The number of nitrogens with one attached hydrogen (secondary N) is 1. The molecule has 0 bridgehead atoms. The number of carbonyl (C=O) groups is 1. The monoisotopic (exact) mass is 237 g/mol. The first-order chi connectivity index (χ1) is 8.08. The van der Waals surface area contributed by atoms with Crippen LogP contribution in [0.15, 0.2) is 12.1 Å². The molecule has 17 heavy (non-hydrogen) atoms. The Hall–Kier alpha value is -1.46. The van der Waals surface area contributed by atoms with E-state index in [2.05, 4.69) is 10.3 Å². The number of ether oxygens (including phenoxy) is 1. The van der Waals surface area contributed by atoms with Gasteiger partial charge in [0.15, 0.2) is 0 Å². The summed E-state index contributed by atoms with van der Waals surface area (Å²) in [5.74, 6) is -0.164. The third-order valence-electron chi connectivity index (χ3n) is 2.46. The van der Waals surface area contributed by atoms with Gasteiger partial charge in [0.2, 0.25) is 0 Å². The summed E-state index contributed by atoms with van der Waals surface area (Å²) in [5, 5.41) is 2.82. The smallest absolute Gasteiger partial charge is 0.253 e. The van der Waals surface area contributed by atoms with Crippen LogP contribution in [0, 0.1) is 13.8 Å². The first-order valence-corrected chi connectivity index (χ1v) is 5.52. The van der Waals surface area contributed by atoms with Crippen molar-refractivity contribution in [3.8, 4) is 0 Å². The van der Waals surface area contributed by atoms with Gasteiger partial charge in [0.25, 0.3) is 5.91 Å². The molecule has 0 aliphatic rings. The van der Waals surface area contributed by atoms with Crippen molar-refractivity contribution in [2.75, 3.05) is 20.3 Å². The lowest BCUT2D eigenvalue weighted by molar-refractivity contribution is 0.0899. The van der Waals surface area contributed by atoms with Gasteiger partial charge >= 0.3 is 0 Å². The Morgan fingerprint density at radius 3 is 2.76 bits per heavy atom. The molecule has 0 aromatic carbocycles. The topological polar surface area (TPSA) is 77.2 Å². The number of nitrogens with two attached hydrogens (primary N) is 1. The number of amides is 1. The van der Waals surface area contributed by atoms with Crippen molar-refractivity contribution in [2.45, 2.75) is 19.9 Å². The summed E-state index contributed by atoms with van der Waals surface area (Å²) in [6.45, 7) is 4.45. The summed E-state index contributed by atoms with van der Waals surface area (Å²) >= 11 is 0. The van der Waals surface area contributed by atoms with Crippen LogP contribution in [0.25, 0.3) is 0 Å². The summed E-state index contributed by atoms with van der Waals surface area (Å²) in [6.07, 6.45) is 0. The van der Waals surface area contributed by atoms with Gasteiger partial charge in [-0.25, -0.2) is 0 Å². The Balaban J connectivity index is 2.75. The summed E-state index contributed by atoms with van der Waals surface area (Å²) in [7, 11) is 1.58. The van der Waals surface area contributed by atoms with Gasteiger partial charge in [-0.15, -0.1) is 0 Å². The molecule has 0 spiro atoms. The van der Waals surface area contributed by atoms with Crippen LogP contribution < -0.4 is 11.1 Å². The number of pyridine rings is 1. The fourth-order valence-corrected chi connectivity index (χ4v) is 1.56. The van der Waals surface area contributed by atoms with Crippen molar-refractivity contribution in [3.63, 3.8) is 0 Å². The number of carbonyl (C=O) groups excluding carboxylic acids is 1. The molecule has 1 heterocycles. The van der Waals surface area contributed by atoms with Crippen molar-refractivity contribution >= 4 is 5.91 Å². The van der Waals surface area contributed by atoms with Gasteiger partial charge in [0.1, 0.15) is 0 Å². The Morgan fingerprint density at radius 1 is 1.53 bits per heavy atom. The minimum absolute atomic E-state index is 0.164. The lowest BCUT2D eigenvalue weighted by Crippen LogP contribution is -2.43. The molecule has 94 valence electrons. The van der Waals surface area contributed by atoms with Gasteiger partial charge in [0, 0.05) is 19.3 Å². The number of hydrogen-bond donors (Lipinski definition) is 2. The van der Waals surface area contributed by atoms with Crippen LogP contribution >= 0.6 is 0 Å². The van der Waals surface area contributed by atoms with Gasteiger partial charge in [-0.3, -0.25) is 9.78 Å². The lowest BCUT2D eigenvalue weighted by Gasteiger charge is -2.16. The van der Waals surface area contributed by atoms with E-state index in [0.29, 0.717) is 18.7 Å². The van der Waals surface area contributed by atoms with Gasteiger partial charge < -0.3 is 15.8 Å². The average molecular weight is 237 g/mol. The largest absolute Gasteiger partial charge is 0.383 e. The molecule has 1 aromatic heterocycles. The van der Waals surface area contributed by atoms with Crippen molar-refractivity contribution in [3.05, 3.63) is 29.1 Å². The highest BCUT2D eigenvalue weighted by molar-refractivity contribution is 5.95. The van der Waals surface area contributed by atoms with Crippen molar-refractivity contribution in [1.82, 2.24) is 10.3 Å². The zero-order valence-corrected chi connectivity index (χ0v) is 10.5. The Labute approximate surface area is 101 Å². The van der Waals surface area contributed by atoms with Crippen molar-refractivity contribution in [1.29, 1.82) is 0 Å². The quantitative estimate of drug-likeness (QED) is 0.777. The van der Waals surface area contributed by atoms with Crippen LogP contribution in [0.1, 0.15) is 21.7 Å². The van der Waals surface area contributed by atoms with E-state index in [0.717, 1.165) is 11.4 Å². The molecule has 3 N–H and O–H groups in total. The van der Waals surface area contributed by atoms with E-state index in [4.69, 9.17) is 10.5 Å². The molecular weight excluding hydrogens is 218 g/mol. The van der Waals surface area contributed by atoms with Crippen LogP contribution in [0.5, 0.6) is 0 Å². The second-order valence-electron chi connectivity index (χ2n) is 3.95. The molecule has 0 saturated carbocycles. The summed E-state index contributed by atoms with van der Waals surface area (Å²) in [4.78, 5) is 16.2. The highest BCUT2D eigenvalue weighted by atomic mass is 16.5. The maximum absolute atomic E-state index is 12.0.